The number of ether oxygens (including phenoxy) is 1. The van der Waals surface area contributed by atoms with E-state index >= 15 is 0 Å². The molecule has 1 fully saturated rings. The first-order valence-corrected chi connectivity index (χ1v) is 9.17. The highest BCUT2D eigenvalue weighted by Crippen LogP contribution is 2.31. The Kier molecular flexibility index (Phi) is 5.14. The Balaban J connectivity index is 1.70. The lowest BCUT2D eigenvalue weighted by atomic mass is 10.1. The van der Waals surface area contributed by atoms with Crippen LogP contribution in [0.3, 0.4) is 0 Å². The van der Waals surface area contributed by atoms with E-state index in [1.165, 1.54) is 18.2 Å². The third kappa shape index (κ3) is 4.97. The molecule has 0 amide bonds. The molecule has 1 aliphatic carbocycles. The number of benzene rings is 2. The molecule has 0 unspecified atom stereocenters. The lowest BCUT2D eigenvalue weighted by Crippen LogP contribution is -2.17. The van der Waals surface area contributed by atoms with Gasteiger partial charge < -0.3 is 15.4 Å². The molecule has 0 spiro atoms. The summed E-state index contributed by atoms with van der Waals surface area (Å²) in [6.45, 7) is 0. The number of halogens is 3. The van der Waals surface area contributed by atoms with Crippen LogP contribution in [0.5, 0.6) is 5.75 Å². The summed E-state index contributed by atoms with van der Waals surface area (Å²) in [6.07, 6.45) is -2.78. The van der Waals surface area contributed by atoms with E-state index in [4.69, 9.17) is 0 Å². The molecular formula is C21H16F3N5O. The average Bonchev–Trinajstić information content (AvgIpc) is 3.51. The molecule has 1 aromatic heterocycles. The van der Waals surface area contributed by atoms with E-state index in [-0.39, 0.29) is 11.8 Å². The van der Waals surface area contributed by atoms with Crippen molar-refractivity contribution in [2.75, 3.05) is 10.6 Å². The third-order valence-corrected chi connectivity index (χ3v) is 4.31. The third-order valence-electron chi connectivity index (χ3n) is 4.31. The number of nitrogens with one attached hydrogen (secondary N) is 2. The number of nitrogens with zero attached hydrogens (tertiary/aromatic N) is 3. The largest absolute Gasteiger partial charge is 0.573 e. The minimum atomic E-state index is -4.78. The summed E-state index contributed by atoms with van der Waals surface area (Å²) in [6, 6.07) is 16.5. The second-order valence-corrected chi connectivity index (χ2v) is 6.74. The van der Waals surface area contributed by atoms with Crippen molar-refractivity contribution >= 4 is 17.5 Å². The van der Waals surface area contributed by atoms with E-state index in [9.17, 15) is 18.4 Å². The molecule has 0 bridgehead atoms. The molecule has 4 rings (SSSR count). The van der Waals surface area contributed by atoms with Crippen LogP contribution < -0.4 is 15.4 Å². The number of anilines is 3. The highest BCUT2D eigenvalue weighted by molar-refractivity contribution is 5.70. The molecule has 30 heavy (non-hydrogen) atoms. The molecule has 1 heterocycles. The Morgan fingerprint density at radius 1 is 1.03 bits per heavy atom. The van der Waals surface area contributed by atoms with Crippen molar-refractivity contribution in [1.29, 1.82) is 5.26 Å². The zero-order chi connectivity index (χ0) is 21.1. The van der Waals surface area contributed by atoms with Gasteiger partial charge in [-0.25, -0.2) is 4.98 Å². The summed E-state index contributed by atoms with van der Waals surface area (Å²) in [7, 11) is 0. The van der Waals surface area contributed by atoms with Gasteiger partial charge in [-0.3, -0.25) is 0 Å². The van der Waals surface area contributed by atoms with Gasteiger partial charge in [-0.05, 0) is 37.1 Å². The normalized spacial score (nSPS) is 13.4. The van der Waals surface area contributed by atoms with Crippen molar-refractivity contribution in [3.05, 3.63) is 60.2 Å². The fourth-order valence-electron chi connectivity index (χ4n) is 2.81. The zero-order valence-corrected chi connectivity index (χ0v) is 15.6. The second-order valence-electron chi connectivity index (χ2n) is 6.74. The van der Waals surface area contributed by atoms with Gasteiger partial charge in [0, 0.05) is 17.7 Å². The predicted molar refractivity (Wildman–Crippen MR) is 105 cm³/mol. The maximum absolute atomic E-state index is 12.6. The molecule has 0 radical (unpaired) electrons. The topological polar surface area (TPSA) is 82.9 Å². The smallest absolute Gasteiger partial charge is 0.406 e. The average molecular weight is 411 g/mol. The summed E-state index contributed by atoms with van der Waals surface area (Å²) in [5, 5.41) is 15.6. The Bertz CT molecular complexity index is 1110. The van der Waals surface area contributed by atoms with Crippen LogP contribution in [0.2, 0.25) is 0 Å². The van der Waals surface area contributed by atoms with Gasteiger partial charge in [0.15, 0.2) is 0 Å². The minimum absolute atomic E-state index is 0.277. The van der Waals surface area contributed by atoms with Gasteiger partial charge in [0.05, 0.1) is 16.9 Å². The Morgan fingerprint density at radius 2 is 1.83 bits per heavy atom. The van der Waals surface area contributed by atoms with Crippen LogP contribution in [0.4, 0.5) is 30.6 Å². The van der Waals surface area contributed by atoms with Crippen molar-refractivity contribution < 1.29 is 17.9 Å². The summed E-state index contributed by atoms with van der Waals surface area (Å²) in [5.41, 5.74) is 1.86. The number of para-hydroxylation sites is 1. The maximum Gasteiger partial charge on any atom is 0.573 e. The summed E-state index contributed by atoms with van der Waals surface area (Å²) in [5.74, 6) is 0.432. The molecule has 2 N–H and O–H groups in total. The Morgan fingerprint density at radius 3 is 2.57 bits per heavy atom. The van der Waals surface area contributed by atoms with Crippen LogP contribution in [-0.2, 0) is 0 Å². The van der Waals surface area contributed by atoms with Gasteiger partial charge in [0.1, 0.15) is 17.6 Å². The lowest BCUT2D eigenvalue weighted by molar-refractivity contribution is -0.274. The van der Waals surface area contributed by atoms with Crippen LogP contribution in [0.1, 0.15) is 18.4 Å². The van der Waals surface area contributed by atoms with Crippen molar-refractivity contribution in [3.8, 4) is 23.1 Å². The maximum atomic E-state index is 12.6. The van der Waals surface area contributed by atoms with Crippen LogP contribution in [0.25, 0.3) is 11.3 Å². The van der Waals surface area contributed by atoms with Crippen molar-refractivity contribution in [1.82, 2.24) is 9.97 Å². The van der Waals surface area contributed by atoms with E-state index in [0.717, 1.165) is 12.8 Å². The highest BCUT2D eigenvalue weighted by atomic mass is 19.4. The van der Waals surface area contributed by atoms with Crippen LogP contribution in [-0.4, -0.2) is 22.4 Å². The number of hydrogen-bond donors (Lipinski definition) is 2. The highest BCUT2D eigenvalue weighted by Gasteiger charge is 2.31. The Labute approximate surface area is 170 Å². The number of alkyl halides is 3. The van der Waals surface area contributed by atoms with Gasteiger partial charge in [0.2, 0.25) is 5.95 Å². The number of hydrogen-bond acceptors (Lipinski definition) is 6. The molecule has 1 aliphatic rings. The number of rotatable bonds is 6. The van der Waals surface area contributed by atoms with Crippen molar-refractivity contribution in [2.45, 2.75) is 25.2 Å². The van der Waals surface area contributed by atoms with Crippen molar-refractivity contribution in [2.24, 2.45) is 0 Å². The van der Waals surface area contributed by atoms with Gasteiger partial charge in [-0.1, -0.05) is 24.3 Å². The van der Waals surface area contributed by atoms with E-state index in [2.05, 4.69) is 31.4 Å². The first-order chi connectivity index (χ1) is 14.4. The molecule has 0 saturated heterocycles. The van der Waals surface area contributed by atoms with Gasteiger partial charge in [-0.2, -0.15) is 10.2 Å². The summed E-state index contributed by atoms with van der Waals surface area (Å²) >= 11 is 0. The molecule has 2 aromatic carbocycles. The summed E-state index contributed by atoms with van der Waals surface area (Å²) < 4.78 is 41.7. The molecule has 3 aromatic rings. The fourth-order valence-corrected chi connectivity index (χ4v) is 2.81. The predicted octanol–water partition coefficient (Wildman–Crippen LogP) is 5.23. The molecule has 1 saturated carbocycles. The summed E-state index contributed by atoms with van der Waals surface area (Å²) in [4.78, 5) is 8.88. The SMILES string of the molecule is N#Cc1ccccc1Nc1cc(-c2cccc(OC(F)(F)F)c2)nc(NC2CC2)n1. The van der Waals surface area contributed by atoms with Gasteiger partial charge in [0.25, 0.3) is 0 Å². The molecule has 152 valence electrons. The molecule has 6 nitrogen and oxygen atoms in total. The van der Waals surface area contributed by atoms with Crippen LogP contribution in [0, 0.1) is 11.3 Å². The lowest BCUT2D eigenvalue weighted by Gasteiger charge is -2.13. The first-order valence-electron chi connectivity index (χ1n) is 9.17. The quantitative estimate of drug-likeness (QED) is 0.578. The molecule has 0 atom stereocenters. The van der Waals surface area contributed by atoms with Crippen molar-refractivity contribution in [3.63, 3.8) is 0 Å². The van der Waals surface area contributed by atoms with E-state index in [0.29, 0.717) is 34.3 Å². The van der Waals surface area contributed by atoms with E-state index in [1.807, 2.05) is 0 Å². The standard InChI is InChI=1S/C21H16F3N5O/c22-21(23,24)30-16-6-3-5-13(10-16)18-11-19(29-20(28-18)26-15-8-9-15)27-17-7-2-1-4-14(17)12-25/h1-7,10-11,15H,8-9H2,(H2,26,27,28,29). The molecule has 0 aliphatic heterocycles. The van der Waals surface area contributed by atoms with E-state index < -0.39 is 6.36 Å². The zero-order valence-electron chi connectivity index (χ0n) is 15.6. The van der Waals surface area contributed by atoms with Crippen LogP contribution >= 0.6 is 0 Å². The monoisotopic (exact) mass is 411 g/mol. The molecule has 9 heteroatoms. The molecular weight excluding hydrogens is 395 g/mol. The Hall–Kier alpha value is -3.80. The number of nitriles is 1. The fraction of sp³-hybridized carbons (Fsp3) is 0.190. The van der Waals surface area contributed by atoms with E-state index in [1.54, 1.807) is 36.4 Å². The van der Waals surface area contributed by atoms with Crippen LogP contribution in [0.15, 0.2) is 54.6 Å². The number of aromatic nitrogens is 2. The first kappa shape index (κ1) is 19.5. The minimum Gasteiger partial charge on any atom is -0.406 e. The van der Waals surface area contributed by atoms with Gasteiger partial charge in [-0.15, -0.1) is 13.2 Å². The second kappa shape index (κ2) is 7.91. The van der Waals surface area contributed by atoms with Gasteiger partial charge >= 0.3 is 6.36 Å².